The van der Waals surface area contributed by atoms with Crippen molar-refractivity contribution in [2.75, 3.05) is 6.54 Å². The highest BCUT2D eigenvalue weighted by Gasteiger charge is 1.84. The monoisotopic (exact) mass is 123 g/mol. The molecule has 1 heteroatoms. The van der Waals surface area contributed by atoms with Gasteiger partial charge in [0.1, 0.15) is 2.82 Å². The van der Waals surface area contributed by atoms with Gasteiger partial charge in [0.15, 0.2) is 0 Å². The summed E-state index contributed by atoms with van der Waals surface area (Å²) in [7, 11) is 0. The predicted molar refractivity (Wildman–Crippen MR) is 39.2 cm³/mol. The number of nitrogens with two attached hydrogens (primary N) is 1. The van der Waals surface area contributed by atoms with Crippen LogP contribution in [0.3, 0.4) is 0 Å². The van der Waals surface area contributed by atoms with Gasteiger partial charge in [0.05, 0.1) is 0 Å². The minimum absolute atomic E-state index is 0.462. The molecule has 1 nitrogen and oxygen atoms in total. The maximum atomic E-state index is 6.83. The Balaban J connectivity index is 2.39. The van der Waals surface area contributed by atoms with Gasteiger partial charge in [0.2, 0.25) is 0 Å². The second-order valence-electron chi connectivity index (χ2n) is 1.96. The van der Waals surface area contributed by atoms with E-state index in [4.69, 9.17) is 2.82 Å². The lowest BCUT2D eigenvalue weighted by Gasteiger charge is -1.93. The summed E-state index contributed by atoms with van der Waals surface area (Å²) in [5.74, 6) is 0. The van der Waals surface area contributed by atoms with E-state index in [-0.39, 0.29) is 0 Å². The summed E-state index contributed by atoms with van der Waals surface area (Å²) >= 11 is 0. The molecule has 1 aromatic rings. The first-order valence-electron chi connectivity index (χ1n) is 3.97. The topological polar surface area (TPSA) is 26.0 Å². The van der Waals surface area contributed by atoms with Gasteiger partial charge in [0.25, 0.3) is 0 Å². The van der Waals surface area contributed by atoms with Crippen molar-refractivity contribution in [3.05, 3.63) is 35.9 Å². The fraction of sp³-hybridized carbons (Fsp3) is 0.250. The molecule has 1 rings (SSSR count). The number of hydrogen-bond acceptors (Lipinski definition) is 1. The molecule has 0 spiro atoms. The Morgan fingerprint density at radius 2 is 2.11 bits per heavy atom. The Hall–Kier alpha value is -0.820. The second-order valence-corrected chi connectivity index (χ2v) is 1.96. The van der Waals surface area contributed by atoms with E-state index in [2.05, 4.69) is 0 Å². The van der Waals surface area contributed by atoms with Crippen LogP contribution in [0.1, 0.15) is 5.56 Å². The van der Waals surface area contributed by atoms with Gasteiger partial charge >= 0.3 is 0 Å². The molecule has 0 atom stereocenters. The standard InChI is InChI=1S/C8H11N/c9-7-6-8-4-2-1-3-5-8/h1-5H,6-7,9H2/i/hD2. The SMILES string of the molecule is [2H]N([2H])CCc1ccccc1. The maximum Gasteiger partial charge on any atom is 0.118 e. The molecule has 0 heterocycles. The minimum atomic E-state index is 0.462. The quantitative estimate of drug-likeness (QED) is 0.642. The van der Waals surface area contributed by atoms with E-state index in [1.807, 2.05) is 30.3 Å². The van der Waals surface area contributed by atoms with Crippen LogP contribution >= 0.6 is 0 Å². The average Bonchev–Trinajstić information content (AvgIpc) is 2.03. The molecular formula is C8H11N. The largest absolute Gasteiger partial charge is 0.330 e. The first kappa shape index (κ1) is 4.07. The molecule has 0 aliphatic rings. The highest BCUT2D eigenvalue weighted by Crippen LogP contribution is 1.96. The Morgan fingerprint density at radius 1 is 1.33 bits per heavy atom. The lowest BCUT2D eigenvalue weighted by Crippen LogP contribution is -2.01. The summed E-state index contributed by atoms with van der Waals surface area (Å²) in [6, 6.07) is 9.90. The van der Waals surface area contributed by atoms with E-state index in [9.17, 15) is 0 Å². The van der Waals surface area contributed by atoms with Crippen molar-refractivity contribution in [2.45, 2.75) is 6.42 Å². The van der Waals surface area contributed by atoms with E-state index >= 15 is 0 Å². The molecule has 0 aliphatic heterocycles. The summed E-state index contributed by atoms with van der Waals surface area (Å²) in [5.41, 5.74) is 1.88. The summed E-state index contributed by atoms with van der Waals surface area (Å²) in [6.45, 7) is 0.462. The van der Waals surface area contributed by atoms with Gasteiger partial charge in [0, 0.05) is 0 Å². The Morgan fingerprint density at radius 3 is 2.78 bits per heavy atom. The van der Waals surface area contributed by atoms with Crippen LogP contribution in [-0.4, -0.2) is 6.54 Å². The first-order chi connectivity index (χ1) is 5.29. The molecule has 48 valence electrons. The zero-order valence-corrected chi connectivity index (χ0v) is 5.25. The van der Waals surface area contributed by atoms with Crippen LogP contribution in [0, 0.1) is 0 Å². The third-order valence-corrected chi connectivity index (χ3v) is 1.24. The van der Waals surface area contributed by atoms with Gasteiger partial charge in [-0.3, -0.25) is 0 Å². The first-order valence-corrected chi connectivity index (χ1v) is 3.08. The summed E-state index contributed by atoms with van der Waals surface area (Å²) in [4.78, 5) is 0. The minimum Gasteiger partial charge on any atom is -0.330 e. The van der Waals surface area contributed by atoms with Gasteiger partial charge in [-0.25, -0.2) is 0 Å². The third-order valence-electron chi connectivity index (χ3n) is 1.24. The zero-order chi connectivity index (χ0) is 8.10. The van der Waals surface area contributed by atoms with Crippen molar-refractivity contribution in [2.24, 2.45) is 5.72 Å². The van der Waals surface area contributed by atoms with Gasteiger partial charge < -0.3 is 5.72 Å². The molecule has 0 bridgehead atoms. The Labute approximate surface area is 58.4 Å². The van der Waals surface area contributed by atoms with Gasteiger partial charge in [-0.2, -0.15) is 0 Å². The molecule has 0 saturated carbocycles. The number of benzene rings is 1. The lowest BCUT2D eigenvalue weighted by atomic mass is 10.2. The van der Waals surface area contributed by atoms with E-state index < -0.39 is 0 Å². The molecule has 0 aromatic heterocycles. The molecule has 0 saturated heterocycles. The van der Waals surface area contributed by atoms with Crippen molar-refractivity contribution in [1.29, 1.82) is 0 Å². The van der Waals surface area contributed by atoms with Crippen LogP contribution in [0.4, 0.5) is 0 Å². The summed E-state index contributed by atoms with van der Waals surface area (Å²) in [5, 5.41) is 0. The fourth-order valence-corrected chi connectivity index (χ4v) is 0.774. The van der Waals surface area contributed by atoms with Crippen LogP contribution in [0.2, 0.25) is 2.82 Å². The average molecular weight is 123 g/mol. The number of rotatable bonds is 3. The van der Waals surface area contributed by atoms with Crippen molar-refractivity contribution in [3.63, 3.8) is 0 Å². The van der Waals surface area contributed by atoms with Gasteiger partial charge in [-0.05, 0) is 18.5 Å². The van der Waals surface area contributed by atoms with E-state index in [0.29, 0.717) is 12.3 Å². The molecule has 0 aliphatic carbocycles. The molecule has 9 heavy (non-hydrogen) atoms. The normalized spacial score (nSPS) is 13.0. The summed E-state index contributed by atoms with van der Waals surface area (Å²) in [6.07, 6.45) is 0.772. The van der Waals surface area contributed by atoms with Crippen LogP contribution in [-0.2, 0) is 6.42 Å². The van der Waals surface area contributed by atoms with Gasteiger partial charge in [-0.1, -0.05) is 30.3 Å². The zero-order valence-electron chi connectivity index (χ0n) is 7.25. The van der Waals surface area contributed by atoms with Crippen molar-refractivity contribution < 1.29 is 2.82 Å². The summed E-state index contributed by atoms with van der Waals surface area (Å²) < 4.78 is 13.7. The van der Waals surface area contributed by atoms with E-state index in [1.54, 1.807) is 0 Å². The lowest BCUT2D eigenvalue weighted by molar-refractivity contribution is 0.969. The highest BCUT2D eigenvalue weighted by atomic mass is 14.5. The van der Waals surface area contributed by atoms with Crippen molar-refractivity contribution in [1.82, 2.24) is 0 Å². The molecule has 2 N–H and O–H groups in total. The predicted octanol–water partition coefficient (Wildman–Crippen LogP) is 1.19. The third kappa shape index (κ3) is 1.86. The van der Waals surface area contributed by atoms with E-state index in [0.717, 1.165) is 6.42 Å². The van der Waals surface area contributed by atoms with Crippen molar-refractivity contribution >= 4 is 0 Å². The van der Waals surface area contributed by atoms with Crippen LogP contribution in [0.15, 0.2) is 30.3 Å². The van der Waals surface area contributed by atoms with Crippen molar-refractivity contribution in [3.8, 4) is 0 Å². The number of hydrogen-bond donors (Lipinski definition) is 1. The Bertz CT molecular complexity index is 199. The molecule has 0 radical (unpaired) electrons. The van der Waals surface area contributed by atoms with Crippen LogP contribution < -0.4 is 5.72 Å². The molecule has 0 unspecified atom stereocenters. The maximum absolute atomic E-state index is 6.83. The molecule has 1 aromatic carbocycles. The van der Waals surface area contributed by atoms with Crippen LogP contribution in [0.25, 0.3) is 0 Å². The van der Waals surface area contributed by atoms with E-state index in [1.165, 1.54) is 5.56 Å². The molecule has 0 fully saturated rings. The Kier molecular flexibility index (Phi) is 1.47. The van der Waals surface area contributed by atoms with Gasteiger partial charge in [-0.15, -0.1) is 0 Å². The second kappa shape index (κ2) is 3.25. The smallest absolute Gasteiger partial charge is 0.118 e. The van der Waals surface area contributed by atoms with Crippen LogP contribution in [0.5, 0.6) is 0 Å². The highest BCUT2D eigenvalue weighted by molar-refractivity contribution is 5.14. The molecule has 0 amide bonds. The molecular weight excluding hydrogens is 110 g/mol. The fourth-order valence-electron chi connectivity index (χ4n) is 0.774.